The van der Waals surface area contributed by atoms with Gasteiger partial charge in [0.1, 0.15) is 0 Å². The molecule has 1 heterocycles. The van der Waals surface area contributed by atoms with E-state index in [2.05, 4.69) is 41.4 Å². The zero-order chi connectivity index (χ0) is 19.9. The molecule has 0 radical (unpaired) electrons. The van der Waals surface area contributed by atoms with Crippen molar-refractivity contribution in [3.63, 3.8) is 0 Å². The number of carbonyl (C=O) groups excluding carboxylic acids is 1. The normalized spacial score (nSPS) is 16.0. The van der Waals surface area contributed by atoms with E-state index in [0.29, 0.717) is 5.75 Å². The van der Waals surface area contributed by atoms with Crippen molar-refractivity contribution in [2.45, 2.75) is 38.5 Å². The van der Waals surface area contributed by atoms with E-state index in [1.54, 1.807) is 11.8 Å². The molecule has 1 N–H and O–H groups in total. The third kappa shape index (κ3) is 5.92. The monoisotopic (exact) mass is 416 g/mol. The van der Waals surface area contributed by atoms with Gasteiger partial charge in [-0.05, 0) is 55.0 Å². The van der Waals surface area contributed by atoms with E-state index in [-0.39, 0.29) is 11.9 Å². The van der Waals surface area contributed by atoms with E-state index in [1.807, 2.05) is 31.2 Å². The van der Waals surface area contributed by atoms with Gasteiger partial charge in [-0.2, -0.15) is 0 Å². The summed E-state index contributed by atoms with van der Waals surface area (Å²) in [4.78, 5) is 14.7. The third-order valence-corrected chi connectivity index (χ3v) is 6.72. The maximum atomic E-state index is 12.3. The Bertz CT molecular complexity index is 772. The predicted molar refractivity (Wildman–Crippen MR) is 121 cm³/mol. The second kappa shape index (κ2) is 10.2. The fourth-order valence-electron chi connectivity index (χ4n) is 3.48. The van der Waals surface area contributed by atoms with Crippen LogP contribution in [0.1, 0.15) is 43.9 Å². The molecule has 0 aliphatic carbocycles. The molecular formula is C23H29ClN2OS. The Balaban J connectivity index is 1.45. The van der Waals surface area contributed by atoms with Gasteiger partial charge in [0, 0.05) is 29.6 Å². The number of amides is 1. The molecule has 2 aromatic carbocycles. The SMILES string of the molecule is CC1CCN(c2ccc([C@H](C)NC(=O)CSCc3ccccc3Cl)cc2)CC1. The third-order valence-electron chi connectivity index (χ3n) is 5.37. The van der Waals surface area contributed by atoms with Gasteiger partial charge in [0.2, 0.25) is 5.91 Å². The number of hydrogen-bond acceptors (Lipinski definition) is 3. The maximum Gasteiger partial charge on any atom is 0.230 e. The van der Waals surface area contributed by atoms with Gasteiger partial charge in [-0.25, -0.2) is 0 Å². The zero-order valence-corrected chi connectivity index (χ0v) is 18.2. The van der Waals surface area contributed by atoms with Gasteiger partial charge in [-0.1, -0.05) is 48.9 Å². The molecule has 28 heavy (non-hydrogen) atoms. The molecule has 0 aromatic heterocycles. The molecule has 1 saturated heterocycles. The highest BCUT2D eigenvalue weighted by atomic mass is 35.5. The number of nitrogens with one attached hydrogen (secondary N) is 1. The molecule has 1 atom stereocenters. The number of rotatable bonds is 7. The average Bonchev–Trinajstić information content (AvgIpc) is 2.70. The molecule has 1 aliphatic heterocycles. The number of thioether (sulfide) groups is 1. The van der Waals surface area contributed by atoms with Gasteiger partial charge < -0.3 is 10.2 Å². The van der Waals surface area contributed by atoms with Gasteiger partial charge in [-0.3, -0.25) is 4.79 Å². The Morgan fingerprint density at radius 2 is 1.86 bits per heavy atom. The first-order valence-corrected chi connectivity index (χ1v) is 11.5. The summed E-state index contributed by atoms with van der Waals surface area (Å²) in [6, 6.07) is 16.4. The average molecular weight is 417 g/mol. The highest BCUT2D eigenvalue weighted by molar-refractivity contribution is 7.99. The predicted octanol–water partition coefficient (Wildman–Crippen LogP) is 5.69. The first kappa shape index (κ1) is 21.1. The van der Waals surface area contributed by atoms with E-state index in [4.69, 9.17) is 11.6 Å². The Labute approximate surface area is 177 Å². The second-order valence-corrected chi connectivity index (χ2v) is 9.03. The van der Waals surface area contributed by atoms with Gasteiger partial charge >= 0.3 is 0 Å². The highest BCUT2D eigenvalue weighted by Crippen LogP contribution is 2.25. The van der Waals surface area contributed by atoms with Crippen LogP contribution in [0, 0.1) is 5.92 Å². The largest absolute Gasteiger partial charge is 0.372 e. The minimum Gasteiger partial charge on any atom is -0.372 e. The smallest absolute Gasteiger partial charge is 0.230 e. The lowest BCUT2D eigenvalue weighted by atomic mass is 9.98. The van der Waals surface area contributed by atoms with Crippen LogP contribution in [0.2, 0.25) is 5.02 Å². The van der Waals surface area contributed by atoms with E-state index in [1.165, 1.54) is 18.5 Å². The molecule has 150 valence electrons. The molecule has 0 bridgehead atoms. The molecule has 0 spiro atoms. The highest BCUT2D eigenvalue weighted by Gasteiger charge is 2.16. The summed E-state index contributed by atoms with van der Waals surface area (Å²) in [7, 11) is 0. The zero-order valence-electron chi connectivity index (χ0n) is 16.7. The summed E-state index contributed by atoms with van der Waals surface area (Å²) in [6.45, 7) is 6.64. The van der Waals surface area contributed by atoms with Gasteiger partial charge in [0.15, 0.2) is 0 Å². The number of anilines is 1. The van der Waals surface area contributed by atoms with Crippen molar-refractivity contribution in [1.29, 1.82) is 0 Å². The summed E-state index contributed by atoms with van der Waals surface area (Å²) in [5, 5.41) is 3.85. The maximum absolute atomic E-state index is 12.3. The van der Waals surface area contributed by atoms with Crippen molar-refractivity contribution in [3.8, 4) is 0 Å². The van der Waals surface area contributed by atoms with Crippen LogP contribution in [0.3, 0.4) is 0 Å². The molecule has 3 nitrogen and oxygen atoms in total. The summed E-state index contributed by atoms with van der Waals surface area (Å²) >= 11 is 7.75. The molecular weight excluding hydrogens is 388 g/mol. The fraction of sp³-hybridized carbons (Fsp3) is 0.435. The number of carbonyl (C=O) groups is 1. The number of benzene rings is 2. The molecule has 2 aromatic rings. The van der Waals surface area contributed by atoms with Crippen LogP contribution in [0.25, 0.3) is 0 Å². The Hall–Kier alpha value is -1.65. The van der Waals surface area contributed by atoms with Crippen LogP contribution in [0.15, 0.2) is 48.5 Å². The lowest BCUT2D eigenvalue weighted by molar-refractivity contribution is -0.119. The second-order valence-electron chi connectivity index (χ2n) is 7.63. The minimum absolute atomic E-state index is 0.00356. The minimum atomic E-state index is 0.00356. The molecule has 5 heteroatoms. The summed E-state index contributed by atoms with van der Waals surface area (Å²) in [5.41, 5.74) is 3.49. The van der Waals surface area contributed by atoms with Crippen LogP contribution in [0.4, 0.5) is 5.69 Å². The van der Waals surface area contributed by atoms with Gasteiger partial charge in [0.25, 0.3) is 0 Å². The number of hydrogen-bond donors (Lipinski definition) is 1. The first-order valence-electron chi connectivity index (χ1n) is 9.98. The molecule has 1 fully saturated rings. The Morgan fingerprint density at radius 3 is 2.54 bits per heavy atom. The molecule has 0 unspecified atom stereocenters. The van der Waals surface area contributed by atoms with Crippen molar-refractivity contribution in [3.05, 3.63) is 64.7 Å². The lowest BCUT2D eigenvalue weighted by Crippen LogP contribution is -2.32. The van der Waals surface area contributed by atoms with Crippen molar-refractivity contribution in [2.75, 3.05) is 23.7 Å². The lowest BCUT2D eigenvalue weighted by Gasteiger charge is -2.32. The van der Waals surface area contributed by atoms with E-state index in [9.17, 15) is 4.79 Å². The van der Waals surface area contributed by atoms with Crippen LogP contribution < -0.4 is 10.2 Å². The fourth-order valence-corrected chi connectivity index (χ4v) is 4.60. The van der Waals surface area contributed by atoms with Crippen molar-refractivity contribution in [1.82, 2.24) is 5.32 Å². The molecule has 1 aliphatic rings. The van der Waals surface area contributed by atoms with Crippen LogP contribution in [-0.2, 0) is 10.5 Å². The van der Waals surface area contributed by atoms with Gasteiger partial charge in [-0.15, -0.1) is 11.8 Å². The van der Waals surface area contributed by atoms with Gasteiger partial charge in [0.05, 0.1) is 11.8 Å². The van der Waals surface area contributed by atoms with Crippen molar-refractivity contribution >= 4 is 35.0 Å². The number of nitrogens with zero attached hydrogens (tertiary/aromatic N) is 1. The first-order chi connectivity index (χ1) is 13.5. The van der Waals surface area contributed by atoms with Crippen LogP contribution in [0.5, 0.6) is 0 Å². The summed E-state index contributed by atoms with van der Waals surface area (Å²) in [6.07, 6.45) is 2.53. The number of halogens is 1. The number of piperidine rings is 1. The van der Waals surface area contributed by atoms with Crippen molar-refractivity contribution < 1.29 is 4.79 Å². The van der Waals surface area contributed by atoms with E-state index < -0.39 is 0 Å². The Morgan fingerprint density at radius 1 is 1.18 bits per heavy atom. The standard InChI is InChI=1S/C23H29ClN2OS/c1-17-11-13-26(14-12-17)21-9-7-19(8-10-21)18(2)25-23(27)16-28-15-20-5-3-4-6-22(20)24/h3-10,17-18H,11-16H2,1-2H3,(H,25,27)/t18-/m0/s1. The topological polar surface area (TPSA) is 32.3 Å². The molecule has 1 amide bonds. The quantitative estimate of drug-likeness (QED) is 0.629. The van der Waals surface area contributed by atoms with Crippen LogP contribution >= 0.6 is 23.4 Å². The van der Waals surface area contributed by atoms with Crippen LogP contribution in [-0.4, -0.2) is 24.7 Å². The van der Waals surface area contributed by atoms with E-state index in [0.717, 1.165) is 40.9 Å². The molecule has 0 saturated carbocycles. The van der Waals surface area contributed by atoms with Crippen molar-refractivity contribution in [2.24, 2.45) is 5.92 Å². The Kier molecular flexibility index (Phi) is 7.69. The molecule has 3 rings (SSSR count). The van der Waals surface area contributed by atoms with E-state index >= 15 is 0 Å². The summed E-state index contributed by atoms with van der Waals surface area (Å²) < 4.78 is 0. The summed E-state index contributed by atoms with van der Waals surface area (Å²) in [5.74, 6) is 2.06.